The maximum absolute atomic E-state index is 12.9. The molecule has 0 radical (unpaired) electrons. The molecule has 0 unspecified atom stereocenters. The van der Waals surface area contributed by atoms with Gasteiger partial charge in [0.05, 0.1) is 18.9 Å². The van der Waals surface area contributed by atoms with Crippen LogP contribution in [0, 0.1) is 20.8 Å². The zero-order valence-electron chi connectivity index (χ0n) is 18.9. The van der Waals surface area contributed by atoms with Crippen LogP contribution in [0.4, 0.5) is 5.69 Å². The minimum Gasteiger partial charge on any atom is -0.378 e. The van der Waals surface area contributed by atoms with E-state index in [1.165, 1.54) is 11.3 Å². The molecule has 4 rings (SSSR count). The van der Waals surface area contributed by atoms with Gasteiger partial charge >= 0.3 is 0 Å². The van der Waals surface area contributed by atoms with Crippen LogP contribution in [0.3, 0.4) is 0 Å². The van der Waals surface area contributed by atoms with E-state index in [4.69, 9.17) is 4.74 Å². The molecule has 0 saturated carbocycles. The van der Waals surface area contributed by atoms with Gasteiger partial charge in [-0.05, 0) is 44.4 Å². The first kappa shape index (κ1) is 21.3. The highest BCUT2D eigenvalue weighted by Crippen LogP contribution is 2.23. The van der Waals surface area contributed by atoms with Gasteiger partial charge in [0.2, 0.25) is 5.91 Å². The number of ether oxygens (including phenoxy) is 1. The fourth-order valence-electron chi connectivity index (χ4n) is 4.33. The molecule has 0 N–H and O–H groups in total. The number of fused-ring (bicyclic) bond motifs is 1. The van der Waals surface area contributed by atoms with Gasteiger partial charge in [0.1, 0.15) is 0 Å². The van der Waals surface area contributed by atoms with Crippen LogP contribution in [0.1, 0.15) is 34.6 Å². The second-order valence-electron chi connectivity index (χ2n) is 8.29. The van der Waals surface area contributed by atoms with Crippen LogP contribution in [0.5, 0.6) is 0 Å². The highest BCUT2D eigenvalue weighted by Gasteiger charge is 2.18. The lowest BCUT2D eigenvalue weighted by molar-refractivity contribution is -0.130. The number of carbonyl (C=O) groups excluding carboxylic acids is 1. The van der Waals surface area contributed by atoms with Gasteiger partial charge in [0.25, 0.3) is 0 Å². The molecular formula is C24H31N5O2. The van der Waals surface area contributed by atoms with Gasteiger partial charge < -0.3 is 14.5 Å². The molecule has 1 aliphatic rings. The summed E-state index contributed by atoms with van der Waals surface area (Å²) in [5.74, 6) is 0.132. The lowest BCUT2D eigenvalue weighted by Gasteiger charge is -2.31. The smallest absolute Gasteiger partial charge is 0.222 e. The minimum atomic E-state index is 0.132. The van der Waals surface area contributed by atoms with E-state index in [2.05, 4.69) is 40.1 Å². The van der Waals surface area contributed by atoms with Gasteiger partial charge in [0.15, 0.2) is 5.65 Å². The Hall–Kier alpha value is -2.93. The number of aromatic nitrogens is 3. The standard InChI is InChI=1S/C24H31N5O2/c1-17-15-23-25-18(2)21(19(3)29(23)26-17)9-10-24(30)27(4)16-20-7-5-6-8-22(20)28-11-13-31-14-12-28/h5-8,15H,9-14,16H2,1-4H3. The van der Waals surface area contributed by atoms with Crippen LogP contribution in [-0.4, -0.2) is 58.8 Å². The van der Waals surface area contributed by atoms with Crippen molar-refractivity contribution in [1.29, 1.82) is 0 Å². The number of anilines is 1. The molecule has 1 aromatic carbocycles. The number of hydrogen-bond acceptors (Lipinski definition) is 5. The van der Waals surface area contributed by atoms with Crippen LogP contribution in [-0.2, 0) is 22.5 Å². The van der Waals surface area contributed by atoms with E-state index in [-0.39, 0.29) is 5.91 Å². The Morgan fingerprint density at radius 1 is 1.16 bits per heavy atom. The van der Waals surface area contributed by atoms with E-state index in [0.29, 0.717) is 19.4 Å². The number of morpholine rings is 1. The molecule has 7 nitrogen and oxygen atoms in total. The molecule has 31 heavy (non-hydrogen) atoms. The molecule has 1 amide bonds. The van der Waals surface area contributed by atoms with Crippen LogP contribution < -0.4 is 4.90 Å². The molecule has 1 saturated heterocycles. The highest BCUT2D eigenvalue weighted by molar-refractivity contribution is 5.76. The molecule has 164 valence electrons. The highest BCUT2D eigenvalue weighted by atomic mass is 16.5. The minimum absolute atomic E-state index is 0.132. The van der Waals surface area contributed by atoms with E-state index < -0.39 is 0 Å². The van der Waals surface area contributed by atoms with Gasteiger partial charge in [-0.3, -0.25) is 4.79 Å². The molecule has 7 heteroatoms. The number of hydrogen-bond donors (Lipinski definition) is 0. The maximum Gasteiger partial charge on any atom is 0.222 e. The largest absolute Gasteiger partial charge is 0.378 e. The fourth-order valence-corrected chi connectivity index (χ4v) is 4.33. The summed E-state index contributed by atoms with van der Waals surface area (Å²) in [7, 11) is 1.89. The van der Waals surface area contributed by atoms with E-state index in [1.807, 2.05) is 42.4 Å². The van der Waals surface area contributed by atoms with Gasteiger partial charge in [-0.1, -0.05) is 18.2 Å². The predicted octanol–water partition coefficient (Wildman–Crippen LogP) is 3.08. The number of para-hydroxylation sites is 1. The Bertz CT molecular complexity index is 1090. The Labute approximate surface area is 183 Å². The third-order valence-electron chi connectivity index (χ3n) is 6.05. The Morgan fingerprint density at radius 2 is 1.90 bits per heavy atom. The monoisotopic (exact) mass is 421 g/mol. The third kappa shape index (κ3) is 4.56. The summed E-state index contributed by atoms with van der Waals surface area (Å²) in [4.78, 5) is 21.8. The molecule has 0 bridgehead atoms. The summed E-state index contributed by atoms with van der Waals surface area (Å²) in [5, 5.41) is 4.53. The van der Waals surface area contributed by atoms with E-state index >= 15 is 0 Å². The van der Waals surface area contributed by atoms with Crippen molar-refractivity contribution in [3.05, 3.63) is 58.5 Å². The average Bonchev–Trinajstić information content (AvgIpc) is 3.14. The van der Waals surface area contributed by atoms with E-state index in [9.17, 15) is 4.79 Å². The summed E-state index contributed by atoms with van der Waals surface area (Å²) >= 11 is 0. The van der Waals surface area contributed by atoms with Crippen molar-refractivity contribution in [2.75, 3.05) is 38.3 Å². The third-order valence-corrected chi connectivity index (χ3v) is 6.05. The first-order valence-electron chi connectivity index (χ1n) is 10.9. The molecule has 3 heterocycles. The Morgan fingerprint density at radius 3 is 2.68 bits per heavy atom. The molecule has 0 atom stereocenters. The fraction of sp³-hybridized carbons (Fsp3) is 0.458. The topological polar surface area (TPSA) is 63.0 Å². The van der Waals surface area contributed by atoms with Gasteiger partial charge in [0, 0.05) is 56.2 Å². The maximum atomic E-state index is 12.9. The van der Waals surface area contributed by atoms with Crippen molar-refractivity contribution in [2.24, 2.45) is 0 Å². The van der Waals surface area contributed by atoms with Crippen molar-refractivity contribution in [3.8, 4) is 0 Å². The Kier molecular flexibility index (Phi) is 6.23. The SMILES string of the molecule is Cc1cc2nc(C)c(CCC(=O)N(C)Cc3ccccc3N3CCOCC3)c(C)n2n1. The second-order valence-corrected chi connectivity index (χ2v) is 8.29. The van der Waals surface area contributed by atoms with Crippen molar-refractivity contribution in [3.63, 3.8) is 0 Å². The van der Waals surface area contributed by atoms with Crippen LogP contribution in [0.15, 0.2) is 30.3 Å². The molecule has 0 aliphatic carbocycles. The number of nitrogens with zero attached hydrogens (tertiary/aromatic N) is 5. The zero-order chi connectivity index (χ0) is 22.0. The molecular weight excluding hydrogens is 390 g/mol. The van der Waals surface area contributed by atoms with Gasteiger partial charge in [-0.25, -0.2) is 9.50 Å². The molecule has 2 aromatic heterocycles. The lowest BCUT2D eigenvalue weighted by atomic mass is 10.1. The number of amides is 1. The summed E-state index contributed by atoms with van der Waals surface area (Å²) in [6.45, 7) is 9.89. The van der Waals surface area contributed by atoms with Crippen LogP contribution in [0.2, 0.25) is 0 Å². The quantitative estimate of drug-likeness (QED) is 0.612. The first-order chi connectivity index (χ1) is 14.9. The van der Waals surface area contributed by atoms with Crippen molar-refractivity contribution in [1.82, 2.24) is 19.5 Å². The molecule has 3 aromatic rings. The number of aryl methyl sites for hydroxylation is 3. The Balaban J connectivity index is 1.44. The normalized spacial score (nSPS) is 14.3. The summed E-state index contributed by atoms with van der Waals surface area (Å²) < 4.78 is 7.36. The summed E-state index contributed by atoms with van der Waals surface area (Å²) in [5.41, 5.74) is 7.30. The van der Waals surface area contributed by atoms with Crippen molar-refractivity contribution < 1.29 is 9.53 Å². The van der Waals surface area contributed by atoms with Crippen molar-refractivity contribution >= 4 is 17.2 Å². The number of rotatable bonds is 6. The average molecular weight is 422 g/mol. The van der Waals surface area contributed by atoms with Gasteiger partial charge in [-0.2, -0.15) is 5.10 Å². The van der Waals surface area contributed by atoms with Crippen molar-refractivity contribution in [2.45, 2.75) is 40.2 Å². The van der Waals surface area contributed by atoms with E-state index in [0.717, 1.165) is 54.6 Å². The predicted molar refractivity (Wildman–Crippen MR) is 121 cm³/mol. The number of benzene rings is 1. The number of carbonyl (C=O) groups is 1. The van der Waals surface area contributed by atoms with Gasteiger partial charge in [-0.15, -0.1) is 0 Å². The van der Waals surface area contributed by atoms with Crippen LogP contribution in [0.25, 0.3) is 5.65 Å². The molecule has 1 fully saturated rings. The molecule has 0 spiro atoms. The van der Waals surface area contributed by atoms with Crippen LogP contribution >= 0.6 is 0 Å². The first-order valence-corrected chi connectivity index (χ1v) is 10.9. The zero-order valence-corrected chi connectivity index (χ0v) is 18.9. The van der Waals surface area contributed by atoms with E-state index in [1.54, 1.807) is 0 Å². The summed E-state index contributed by atoms with van der Waals surface area (Å²) in [6.07, 6.45) is 1.11. The summed E-state index contributed by atoms with van der Waals surface area (Å²) in [6, 6.07) is 10.3. The molecule has 1 aliphatic heterocycles. The second kappa shape index (κ2) is 9.06. The lowest BCUT2D eigenvalue weighted by Crippen LogP contribution is -2.37.